The summed E-state index contributed by atoms with van der Waals surface area (Å²) in [6.07, 6.45) is 3.06. The monoisotopic (exact) mass is 488 g/mol. The second-order valence-electron chi connectivity index (χ2n) is 6.65. The first-order chi connectivity index (χ1) is 14.9. The fourth-order valence-corrected chi connectivity index (χ4v) is 2.70. The zero-order chi connectivity index (χ0) is 22.6. The van der Waals surface area contributed by atoms with E-state index >= 15 is 0 Å². The van der Waals surface area contributed by atoms with Gasteiger partial charge in [0, 0.05) is 22.3 Å². The van der Waals surface area contributed by atoms with E-state index in [0.29, 0.717) is 23.5 Å². The lowest BCUT2D eigenvalue weighted by Gasteiger charge is -2.10. The highest BCUT2D eigenvalue weighted by molar-refractivity contribution is 9.10. The zero-order valence-electron chi connectivity index (χ0n) is 17.4. The Balaban J connectivity index is 1.88. The maximum absolute atomic E-state index is 12.2. The molecule has 0 fully saturated rings. The Bertz CT molecular complexity index is 962. The van der Waals surface area contributed by atoms with Gasteiger partial charge in [0.1, 0.15) is 5.75 Å². The highest BCUT2D eigenvalue weighted by atomic mass is 79.9. The fourth-order valence-electron chi connectivity index (χ4n) is 2.45. The third-order valence-electron chi connectivity index (χ3n) is 4.11. The number of hydrazone groups is 1. The molecule has 0 aliphatic carbocycles. The van der Waals surface area contributed by atoms with Crippen LogP contribution in [-0.4, -0.2) is 37.1 Å². The Hall–Kier alpha value is -3.20. The molecule has 9 heteroatoms. The molecular formula is C22H25BrN4O4. The highest BCUT2D eigenvalue weighted by Crippen LogP contribution is 2.20. The van der Waals surface area contributed by atoms with Crippen molar-refractivity contribution >= 4 is 45.6 Å². The summed E-state index contributed by atoms with van der Waals surface area (Å²) in [7, 11) is 0. The Morgan fingerprint density at radius 3 is 2.65 bits per heavy atom. The lowest BCUT2D eigenvalue weighted by molar-refractivity contribution is -0.139. The van der Waals surface area contributed by atoms with E-state index in [1.807, 2.05) is 26.0 Å². The number of anilines is 1. The molecule has 0 atom stereocenters. The van der Waals surface area contributed by atoms with E-state index in [1.165, 1.54) is 6.21 Å². The second-order valence-corrected chi connectivity index (χ2v) is 7.50. The number of benzene rings is 2. The molecule has 0 aliphatic heterocycles. The molecule has 2 rings (SSSR count). The summed E-state index contributed by atoms with van der Waals surface area (Å²) in [6.45, 7) is 4.15. The predicted octanol–water partition coefficient (Wildman–Crippen LogP) is 3.14. The van der Waals surface area contributed by atoms with Crippen molar-refractivity contribution in [2.75, 3.05) is 18.5 Å². The molecule has 31 heavy (non-hydrogen) atoms. The number of aryl methyl sites for hydroxylation is 1. The number of nitrogens with zero attached hydrogens (tertiary/aromatic N) is 1. The van der Waals surface area contributed by atoms with Gasteiger partial charge in [0.15, 0.2) is 6.61 Å². The van der Waals surface area contributed by atoms with Gasteiger partial charge in [0.25, 0.3) is 5.91 Å². The van der Waals surface area contributed by atoms with E-state index in [-0.39, 0.29) is 12.5 Å². The summed E-state index contributed by atoms with van der Waals surface area (Å²) in [5, 5.41) is 9.07. The van der Waals surface area contributed by atoms with Crippen LogP contribution >= 0.6 is 15.9 Å². The number of para-hydroxylation sites is 1. The molecule has 2 aromatic rings. The molecule has 0 saturated heterocycles. The van der Waals surface area contributed by atoms with E-state index in [4.69, 9.17) is 4.74 Å². The summed E-state index contributed by atoms with van der Waals surface area (Å²) in [6, 6.07) is 12.4. The van der Waals surface area contributed by atoms with Crippen LogP contribution in [0.1, 0.15) is 30.9 Å². The molecular weight excluding hydrogens is 464 g/mol. The maximum atomic E-state index is 12.2. The van der Waals surface area contributed by atoms with E-state index in [0.717, 1.165) is 22.9 Å². The minimum atomic E-state index is -0.852. The third kappa shape index (κ3) is 8.21. The minimum absolute atomic E-state index is 0.202. The molecule has 3 amide bonds. The Kier molecular flexibility index (Phi) is 9.70. The van der Waals surface area contributed by atoms with Gasteiger partial charge in [0.05, 0.1) is 6.21 Å². The number of carbonyl (C=O) groups excluding carboxylic acids is 3. The predicted molar refractivity (Wildman–Crippen MR) is 123 cm³/mol. The van der Waals surface area contributed by atoms with Crippen LogP contribution < -0.4 is 20.8 Å². The average Bonchev–Trinajstić information content (AvgIpc) is 2.75. The van der Waals surface area contributed by atoms with Crippen molar-refractivity contribution in [2.45, 2.75) is 26.7 Å². The van der Waals surface area contributed by atoms with E-state index in [2.05, 4.69) is 37.1 Å². The first kappa shape index (κ1) is 24.1. The van der Waals surface area contributed by atoms with Gasteiger partial charge in [0.2, 0.25) is 0 Å². The molecule has 0 heterocycles. The van der Waals surface area contributed by atoms with E-state index in [9.17, 15) is 14.4 Å². The van der Waals surface area contributed by atoms with Crippen LogP contribution in [0.4, 0.5) is 5.69 Å². The van der Waals surface area contributed by atoms with Crippen LogP contribution in [0.2, 0.25) is 0 Å². The highest BCUT2D eigenvalue weighted by Gasteiger charge is 2.11. The quantitative estimate of drug-likeness (QED) is 0.218. The number of hydrogen-bond acceptors (Lipinski definition) is 5. The standard InChI is InChI=1S/C22H25BrN4O4/c1-3-4-11-24-21(29)22(30)27-25-13-16-7-5-6-8-19(16)31-14-20(28)26-17-9-10-18(23)15(2)12-17/h5-10,12-13H,3-4,11,14H2,1-2H3,(H,24,29)(H,26,28)(H,27,30)/b25-13-. The molecule has 8 nitrogen and oxygen atoms in total. The molecule has 164 valence electrons. The molecule has 0 radical (unpaired) electrons. The van der Waals surface area contributed by atoms with Gasteiger partial charge < -0.3 is 15.4 Å². The topological polar surface area (TPSA) is 109 Å². The van der Waals surface area contributed by atoms with Gasteiger partial charge in [-0.05, 0) is 49.2 Å². The number of unbranched alkanes of at least 4 members (excludes halogenated alkanes) is 1. The van der Waals surface area contributed by atoms with Crippen molar-refractivity contribution in [2.24, 2.45) is 5.10 Å². The first-order valence-corrected chi connectivity index (χ1v) is 10.6. The minimum Gasteiger partial charge on any atom is -0.483 e. The summed E-state index contributed by atoms with van der Waals surface area (Å²) < 4.78 is 6.55. The van der Waals surface area contributed by atoms with Gasteiger partial charge in [-0.1, -0.05) is 41.4 Å². The molecule has 0 aromatic heterocycles. The lowest BCUT2D eigenvalue weighted by Crippen LogP contribution is -2.38. The number of amides is 3. The Morgan fingerprint density at radius 1 is 1.13 bits per heavy atom. The molecule has 0 aliphatic rings. The molecule has 0 bridgehead atoms. The SMILES string of the molecule is CCCCNC(=O)C(=O)N/N=C\c1ccccc1OCC(=O)Nc1ccc(Br)c(C)c1. The Labute approximate surface area is 189 Å². The van der Waals surface area contributed by atoms with Gasteiger partial charge in [-0.25, -0.2) is 5.43 Å². The summed E-state index contributed by atoms with van der Waals surface area (Å²) in [5.41, 5.74) is 4.39. The van der Waals surface area contributed by atoms with Gasteiger partial charge >= 0.3 is 11.8 Å². The largest absolute Gasteiger partial charge is 0.483 e. The van der Waals surface area contributed by atoms with Gasteiger partial charge in [-0.3, -0.25) is 14.4 Å². The second kappa shape index (κ2) is 12.5. The average molecular weight is 489 g/mol. The van der Waals surface area contributed by atoms with Crippen LogP contribution in [0.3, 0.4) is 0 Å². The van der Waals surface area contributed by atoms with E-state index in [1.54, 1.807) is 30.3 Å². The molecule has 2 aromatic carbocycles. The van der Waals surface area contributed by atoms with Crippen LogP contribution in [0.25, 0.3) is 0 Å². The molecule has 0 spiro atoms. The number of rotatable bonds is 9. The third-order valence-corrected chi connectivity index (χ3v) is 5.00. The van der Waals surface area contributed by atoms with Crippen molar-refractivity contribution in [3.8, 4) is 5.75 Å². The van der Waals surface area contributed by atoms with Gasteiger partial charge in [-0.2, -0.15) is 5.10 Å². The maximum Gasteiger partial charge on any atom is 0.329 e. The van der Waals surface area contributed by atoms with Crippen molar-refractivity contribution in [1.29, 1.82) is 0 Å². The van der Waals surface area contributed by atoms with Gasteiger partial charge in [-0.15, -0.1) is 0 Å². The van der Waals surface area contributed by atoms with Crippen molar-refractivity contribution < 1.29 is 19.1 Å². The number of carbonyl (C=O) groups is 3. The van der Waals surface area contributed by atoms with Crippen molar-refractivity contribution in [1.82, 2.24) is 10.7 Å². The van der Waals surface area contributed by atoms with Crippen LogP contribution in [0.15, 0.2) is 52.0 Å². The summed E-state index contributed by atoms with van der Waals surface area (Å²) in [5.74, 6) is -1.49. The van der Waals surface area contributed by atoms with Crippen LogP contribution in [0.5, 0.6) is 5.75 Å². The number of nitrogens with one attached hydrogen (secondary N) is 3. The number of hydrogen-bond donors (Lipinski definition) is 3. The smallest absolute Gasteiger partial charge is 0.329 e. The van der Waals surface area contributed by atoms with Crippen molar-refractivity contribution in [3.05, 3.63) is 58.1 Å². The van der Waals surface area contributed by atoms with Crippen LogP contribution in [-0.2, 0) is 14.4 Å². The first-order valence-electron chi connectivity index (χ1n) is 9.79. The lowest BCUT2D eigenvalue weighted by atomic mass is 10.2. The molecule has 0 saturated carbocycles. The summed E-state index contributed by atoms with van der Waals surface area (Å²) >= 11 is 3.42. The molecule has 3 N–H and O–H groups in total. The number of halogens is 1. The van der Waals surface area contributed by atoms with Crippen LogP contribution in [0, 0.1) is 6.92 Å². The van der Waals surface area contributed by atoms with Crippen molar-refractivity contribution in [3.63, 3.8) is 0 Å². The number of ether oxygens (including phenoxy) is 1. The Morgan fingerprint density at radius 2 is 1.90 bits per heavy atom. The zero-order valence-corrected chi connectivity index (χ0v) is 19.0. The molecule has 0 unspecified atom stereocenters. The van der Waals surface area contributed by atoms with E-state index < -0.39 is 11.8 Å². The summed E-state index contributed by atoms with van der Waals surface area (Å²) in [4.78, 5) is 35.5. The normalized spacial score (nSPS) is 10.5. The fraction of sp³-hybridized carbons (Fsp3) is 0.273.